The molecule has 0 aliphatic heterocycles. The molecular formula is C17H16N2O2. The summed E-state index contributed by atoms with van der Waals surface area (Å²) < 4.78 is 5.26. The molecule has 4 nitrogen and oxygen atoms in total. The second-order valence-corrected chi connectivity index (χ2v) is 5.00. The Hall–Kier alpha value is -2.62. The summed E-state index contributed by atoms with van der Waals surface area (Å²) in [7, 11) is 0. The average Bonchev–Trinajstić information content (AvgIpc) is 2.98. The fourth-order valence-electron chi connectivity index (χ4n) is 2.12. The third-order valence-electron chi connectivity index (χ3n) is 3.40. The first kappa shape index (κ1) is 13.4. The van der Waals surface area contributed by atoms with Crippen molar-refractivity contribution < 1.29 is 9.63 Å². The topological polar surface area (TPSA) is 59.2 Å². The van der Waals surface area contributed by atoms with E-state index in [1.807, 2.05) is 37.3 Å². The molecule has 2 aromatic carbocycles. The lowest BCUT2D eigenvalue weighted by Gasteiger charge is -1.99. The van der Waals surface area contributed by atoms with Crippen LogP contribution in [0.1, 0.15) is 17.0 Å². The van der Waals surface area contributed by atoms with Crippen LogP contribution in [0.5, 0.6) is 5.75 Å². The predicted molar refractivity (Wildman–Crippen MR) is 80.0 cm³/mol. The zero-order chi connectivity index (χ0) is 14.7. The first-order valence-electron chi connectivity index (χ1n) is 6.89. The minimum atomic E-state index is 0.233. The molecule has 106 valence electrons. The van der Waals surface area contributed by atoms with Crippen LogP contribution in [0.3, 0.4) is 0 Å². The van der Waals surface area contributed by atoms with Gasteiger partial charge in [0.2, 0.25) is 0 Å². The summed E-state index contributed by atoms with van der Waals surface area (Å²) in [6.07, 6.45) is 1.60. The minimum Gasteiger partial charge on any atom is -0.508 e. The molecule has 21 heavy (non-hydrogen) atoms. The van der Waals surface area contributed by atoms with Crippen molar-refractivity contribution in [1.29, 1.82) is 0 Å². The van der Waals surface area contributed by atoms with E-state index in [9.17, 15) is 5.11 Å². The molecule has 0 aliphatic carbocycles. The average molecular weight is 280 g/mol. The zero-order valence-corrected chi connectivity index (χ0v) is 11.8. The van der Waals surface area contributed by atoms with Crippen LogP contribution in [0.15, 0.2) is 53.1 Å². The van der Waals surface area contributed by atoms with Gasteiger partial charge in [-0.3, -0.25) is 0 Å². The molecule has 0 fully saturated rings. The van der Waals surface area contributed by atoms with Crippen molar-refractivity contribution in [2.24, 2.45) is 0 Å². The molecule has 0 amide bonds. The molecule has 0 unspecified atom stereocenters. The molecule has 1 aromatic heterocycles. The Bertz CT molecular complexity index is 736. The maximum absolute atomic E-state index is 9.73. The van der Waals surface area contributed by atoms with E-state index < -0.39 is 0 Å². The normalized spacial score (nSPS) is 10.7. The molecule has 4 heteroatoms. The van der Waals surface area contributed by atoms with Crippen LogP contribution in [-0.4, -0.2) is 15.2 Å². The number of aromatic nitrogens is 2. The first-order chi connectivity index (χ1) is 10.2. The molecule has 0 saturated carbocycles. The van der Waals surface area contributed by atoms with E-state index in [-0.39, 0.29) is 5.75 Å². The van der Waals surface area contributed by atoms with Crippen molar-refractivity contribution in [3.05, 3.63) is 65.5 Å². The second-order valence-electron chi connectivity index (χ2n) is 5.00. The Kier molecular flexibility index (Phi) is 3.69. The molecule has 1 heterocycles. The monoisotopic (exact) mass is 280 g/mol. The third kappa shape index (κ3) is 3.11. The van der Waals surface area contributed by atoms with Crippen molar-refractivity contribution in [2.75, 3.05) is 0 Å². The van der Waals surface area contributed by atoms with E-state index in [1.165, 1.54) is 5.56 Å². The van der Waals surface area contributed by atoms with Gasteiger partial charge < -0.3 is 9.63 Å². The first-order valence-corrected chi connectivity index (χ1v) is 6.89. The Morgan fingerprint density at radius 3 is 2.62 bits per heavy atom. The van der Waals surface area contributed by atoms with Crippen LogP contribution >= 0.6 is 0 Å². The Balaban J connectivity index is 1.72. The van der Waals surface area contributed by atoms with E-state index in [0.29, 0.717) is 11.7 Å². The van der Waals surface area contributed by atoms with Crippen molar-refractivity contribution in [3.63, 3.8) is 0 Å². The Morgan fingerprint density at radius 1 is 1.05 bits per heavy atom. The van der Waals surface area contributed by atoms with E-state index in [0.717, 1.165) is 24.0 Å². The lowest BCUT2D eigenvalue weighted by molar-refractivity contribution is 0.421. The fraction of sp³-hybridized carbons (Fsp3) is 0.176. The molecule has 1 N–H and O–H groups in total. The summed E-state index contributed by atoms with van der Waals surface area (Å²) >= 11 is 0. The van der Waals surface area contributed by atoms with Gasteiger partial charge in [0.1, 0.15) is 5.75 Å². The third-order valence-corrected chi connectivity index (χ3v) is 3.40. The van der Waals surface area contributed by atoms with Gasteiger partial charge in [0.15, 0.2) is 5.82 Å². The highest BCUT2D eigenvalue weighted by Gasteiger charge is 2.10. The molecule has 0 bridgehead atoms. The Labute approximate surface area is 123 Å². The van der Waals surface area contributed by atoms with Gasteiger partial charge >= 0.3 is 0 Å². The number of hydrogen-bond acceptors (Lipinski definition) is 4. The standard InChI is InChI=1S/C17H16N2O2/c1-12-7-9-14(11-15(12)20)17-18-16(19-21-17)10-8-13-5-3-2-4-6-13/h2-7,9,11,20H,8,10H2,1H3. The number of nitrogens with zero attached hydrogens (tertiary/aromatic N) is 2. The summed E-state index contributed by atoms with van der Waals surface area (Å²) in [5.41, 5.74) is 2.80. The van der Waals surface area contributed by atoms with Gasteiger partial charge in [-0.15, -0.1) is 0 Å². The number of aryl methyl sites for hydroxylation is 3. The predicted octanol–water partition coefficient (Wildman–Crippen LogP) is 3.54. The molecule has 0 saturated heterocycles. The van der Waals surface area contributed by atoms with Gasteiger partial charge in [-0.2, -0.15) is 4.98 Å². The van der Waals surface area contributed by atoms with Gasteiger partial charge in [0.05, 0.1) is 0 Å². The number of hydrogen-bond donors (Lipinski definition) is 1. The molecule has 0 radical (unpaired) electrons. The zero-order valence-electron chi connectivity index (χ0n) is 11.8. The number of benzene rings is 2. The van der Waals surface area contributed by atoms with Crippen LogP contribution < -0.4 is 0 Å². The molecule has 0 spiro atoms. The Morgan fingerprint density at radius 2 is 1.86 bits per heavy atom. The lowest BCUT2D eigenvalue weighted by atomic mass is 10.1. The van der Waals surface area contributed by atoms with Crippen LogP contribution in [0.2, 0.25) is 0 Å². The van der Waals surface area contributed by atoms with Gasteiger partial charge in [-0.25, -0.2) is 0 Å². The number of rotatable bonds is 4. The van der Waals surface area contributed by atoms with Gasteiger partial charge in [0, 0.05) is 12.0 Å². The van der Waals surface area contributed by atoms with Gasteiger partial charge in [-0.05, 0) is 36.6 Å². The van der Waals surface area contributed by atoms with E-state index >= 15 is 0 Å². The second kappa shape index (κ2) is 5.79. The highest BCUT2D eigenvalue weighted by molar-refractivity contribution is 5.57. The molecule has 0 atom stereocenters. The van der Waals surface area contributed by atoms with E-state index in [1.54, 1.807) is 6.07 Å². The van der Waals surface area contributed by atoms with Gasteiger partial charge in [-0.1, -0.05) is 41.6 Å². The minimum absolute atomic E-state index is 0.233. The maximum atomic E-state index is 9.73. The highest BCUT2D eigenvalue weighted by Crippen LogP contribution is 2.24. The maximum Gasteiger partial charge on any atom is 0.258 e. The molecule has 3 aromatic rings. The summed E-state index contributed by atoms with van der Waals surface area (Å²) in [6.45, 7) is 1.85. The van der Waals surface area contributed by atoms with E-state index in [2.05, 4.69) is 22.3 Å². The lowest BCUT2D eigenvalue weighted by Crippen LogP contribution is -1.93. The summed E-state index contributed by atoms with van der Waals surface area (Å²) in [5, 5.41) is 13.7. The SMILES string of the molecule is Cc1ccc(-c2nc(CCc3ccccc3)no2)cc1O. The highest BCUT2D eigenvalue weighted by atomic mass is 16.5. The van der Waals surface area contributed by atoms with Crippen LogP contribution in [-0.2, 0) is 12.8 Å². The van der Waals surface area contributed by atoms with Crippen LogP contribution in [0.25, 0.3) is 11.5 Å². The summed E-state index contributed by atoms with van der Waals surface area (Å²) in [4.78, 5) is 4.38. The van der Waals surface area contributed by atoms with E-state index in [4.69, 9.17) is 4.52 Å². The quantitative estimate of drug-likeness (QED) is 0.794. The molecule has 0 aliphatic rings. The van der Waals surface area contributed by atoms with Crippen LogP contribution in [0, 0.1) is 6.92 Å². The molecule has 3 rings (SSSR count). The number of aromatic hydroxyl groups is 1. The summed E-state index contributed by atoms with van der Waals surface area (Å²) in [5.74, 6) is 1.35. The van der Waals surface area contributed by atoms with Crippen molar-refractivity contribution in [3.8, 4) is 17.2 Å². The van der Waals surface area contributed by atoms with Crippen molar-refractivity contribution in [2.45, 2.75) is 19.8 Å². The number of phenolic OH excluding ortho intramolecular Hbond substituents is 1. The van der Waals surface area contributed by atoms with Crippen molar-refractivity contribution in [1.82, 2.24) is 10.1 Å². The van der Waals surface area contributed by atoms with Crippen molar-refractivity contribution >= 4 is 0 Å². The van der Waals surface area contributed by atoms with Gasteiger partial charge in [0.25, 0.3) is 5.89 Å². The molecular weight excluding hydrogens is 264 g/mol. The fourth-order valence-corrected chi connectivity index (χ4v) is 2.12. The largest absolute Gasteiger partial charge is 0.508 e. The summed E-state index contributed by atoms with van der Waals surface area (Å²) in [6, 6.07) is 15.5. The smallest absolute Gasteiger partial charge is 0.258 e. The van der Waals surface area contributed by atoms with Crippen LogP contribution in [0.4, 0.5) is 0 Å². The number of phenols is 1.